The van der Waals surface area contributed by atoms with Crippen LogP contribution in [0, 0.1) is 0 Å². The largest absolute Gasteiger partial charge is 0.497 e. The molecule has 4 nitrogen and oxygen atoms in total. The van der Waals surface area contributed by atoms with Crippen LogP contribution in [-0.4, -0.2) is 29.3 Å². The molecular formula is C15H23N3OS. The van der Waals surface area contributed by atoms with E-state index in [-0.39, 0.29) is 0 Å². The van der Waals surface area contributed by atoms with Gasteiger partial charge in [-0.3, -0.25) is 5.43 Å². The van der Waals surface area contributed by atoms with Gasteiger partial charge in [0.05, 0.1) is 7.11 Å². The van der Waals surface area contributed by atoms with E-state index >= 15 is 0 Å². The van der Waals surface area contributed by atoms with Crippen LogP contribution in [0.25, 0.3) is 0 Å². The highest BCUT2D eigenvalue weighted by Gasteiger charge is 2.25. The van der Waals surface area contributed by atoms with Crippen LogP contribution in [0.1, 0.15) is 33.1 Å². The second kappa shape index (κ2) is 6.90. The van der Waals surface area contributed by atoms with Crippen LogP contribution in [-0.2, 0) is 0 Å². The van der Waals surface area contributed by atoms with E-state index < -0.39 is 0 Å². The maximum Gasteiger partial charge on any atom is 0.185 e. The predicted molar refractivity (Wildman–Crippen MR) is 87.0 cm³/mol. The zero-order valence-corrected chi connectivity index (χ0v) is 13.2. The van der Waals surface area contributed by atoms with Crippen LogP contribution in [0.2, 0.25) is 0 Å². The average Bonchev–Trinajstić information content (AvgIpc) is 2.43. The Kier molecular flexibility index (Phi) is 5.20. The minimum Gasteiger partial charge on any atom is -0.497 e. The molecule has 110 valence electrons. The Morgan fingerprint density at radius 1 is 1.30 bits per heavy atom. The lowest BCUT2D eigenvalue weighted by atomic mass is 10.00. The minimum absolute atomic E-state index is 0.504. The second-order valence-corrected chi connectivity index (χ2v) is 5.74. The molecule has 2 rings (SSSR count). The third kappa shape index (κ3) is 3.84. The molecule has 1 aliphatic heterocycles. The molecule has 0 saturated carbocycles. The molecule has 2 N–H and O–H groups in total. The first-order valence-corrected chi connectivity index (χ1v) is 7.51. The monoisotopic (exact) mass is 293 g/mol. The van der Waals surface area contributed by atoms with Crippen molar-refractivity contribution in [3.05, 3.63) is 24.3 Å². The van der Waals surface area contributed by atoms with E-state index in [0.29, 0.717) is 17.2 Å². The maximum absolute atomic E-state index is 5.40. The molecule has 1 heterocycles. The van der Waals surface area contributed by atoms with Crippen molar-refractivity contribution in [1.82, 2.24) is 10.4 Å². The van der Waals surface area contributed by atoms with Crippen molar-refractivity contribution in [2.75, 3.05) is 12.4 Å². The number of nitrogens with one attached hydrogen (secondary N) is 2. The zero-order valence-electron chi connectivity index (χ0n) is 12.3. The van der Waals surface area contributed by atoms with Gasteiger partial charge < -0.3 is 10.1 Å². The first kappa shape index (κ1) is 15.1. The summed E-state index contributed by atoms with van der Waals surface area (Å²) < 4.78 is 5.21. The Balaban J connectivity index is 1.94. The SMILES string of the molecule is COc1cccc(NC(=S)NN2[C@H](C)CCC[C@@H]2C)c1. The molecule has 0 aromatic heterocycles. The van der Waals surface area contributed by atoms with Crippen molar-refractivity contribution in [3.63, 3.8) is 0 Å². The topological polar surface area (TPSA) is 36.5 Å². The van der Waals surface area contributed by atoms with Crippen molar-refractivity contribution in [2.24, 2.45) is 0 Å². The van der Waals surface area contributed by atoms with Crippen LogP contribution in [0.5, 0.6) is 5.75 Å². The summed E-state index contributed by atoms with van der Waals surface area (Å²) >= 11 is 5.40. The summed E-state index contributed by atoms with van der Waals surface area (Å²) in [6, 6.07) is 8.76. The summed E-state index contributed by atoms with van der Waals surface area (Å²) in [5, 5.41) is 6.08. The number of nitrogens with zero attached hydrogens (tertiary/aromatic N) is 1. The molecule has 2 atom stereocenters. The van der Waals surface area contributed by atoms with Crippen LogP contribution in [0.3, 0.4) is 0 Å². The Labute approximate surface area is 126 Å². The Morgan fingerprint density at radius 2 is 2.00 bits per heavy atom. The third-order valence-electron chi connectivity index (χ3n) is 3.75. The van der Waals surface area contributed by atoms with Gasteiger partial charge in [0.2, 0.25) is 0 Å². The third-order valence-corrected chi connectivity index (χ3v) is 3.95. The van der Waals surface area contributed by atoms with E-state index in [4.69, 9.17) is 17.0 Å². The lowest BCUT2D eigenvalue weighted by molar-refractivity contribution is 0.0750. The number of hydrazine groups is 1. The first-order valence-electron chi connectivity index (χ1n) is 7.10. The van der Waals surface area contributed by atoms with Crippen LogP contribution >= 0.6 is 12.2 Å². The zero-order chi connectivity index (χ0) is 14.5. The molecule has 1 aliphatic rings. The number of thiocarbonyl (C=S) groups is 1. The molecule has 0 amide bonds. The van der Waals surface area contributed by atoms with E-state index in [1.54, 1.807) is 7.11 Å². The summed E-state index contributed by atoms with van der Waals surface area (Å²) in [7, 11) is 1.66. The highest BCUT2D eigenvalue weighted by Crippen LogP contribution is 2.21. The molecule has 0 radical (unpaired) electrons. The lowest BCUT2D eigenvalue weighted by Gasteiger charge is -2.39. The van der Waals surface area contributed by atoms with Crippen molar-refractivity contribution >= 4 is 23.0 Å². The fourth-order valence-electron chi connectivity index (χ4n) is 2.62. The van der Waals surface area contributed by atoms with Gasteiger partial charge in [0.1, 0.15) is 5.75 Å². The molecule has 20 heavy (non-hydrogen) atoms. The second-order valence-electron chi connectivity index (χ2n) is 5.33. The summed E-state index contributed by atoms with van der Waals surface area (Å²) in [4.78, 5) is 0. The van der Waals surface area contributed by atoms with Crippen molar-refractivity contribution in [2.45, 2.75) is 45.2 Å². The summed E-state index contributed by atoms with van der Waals surface area (Å²) in [5.74, 6) is 0.817. The average molecular weight is 293 g/mol. The number of methoxy groups -OCH3 is 1. The molecule has 1 aromatic rings. The molecule has 0 aliphatic carbocycles. The van der Waals surface area contributed by atoms with E-state index in [1.165, 1.54) is 19.3 Å². The number of hydrogen-bond acceptors (Lipinski definition) is 3. The van der Waals surface area contributed by atoms with Gasteiger partial charge in [-0.15, -0.1) is 0 Å². The van der Waals surface area contributed by atoms with Gasteiger partial charge in [-0.1, -0.05) is 12.5 Å². The molecule has 0 spiro atoms. The fraction of sp³-hybridized carbons (Fsp3) is 0.533. The highest BCUT2D eigenvalue weighted by molar-refractivity contribution is 7.80. The quantitative estimate of drug-likeness (QED) is 0.837. The van der Waals surface area contributed by atoms with Gasteiger partial charge in [-0.25, -0.2) is 5.01 Å². The van der Waals surface area contributed by atoms with Crippen LogP contribution < -0.4 is 15.5 Å². The van der Waals surface area contributed by atoms with E-state index in [2.05, 4.69) is 29.6 Å². The standard InChI is InChI=1S/C15H23N3OS/c1-11-6-4-7-12(2)18(11)17-15(20)16-13-8-5-9-14(10-13)19-3/h5,8-12H,4,6-7H2,1-3H3,(H2,16,17,20)/t11-,12+. The maximum atomic E-state index is 5.40. The molecule has 1 fully saturated rings. The van der Waals surface area contributed by atoms with E-state index in [1.807, 2.05) is 24.3 Å². The predicted octanol–water partition coefficient (Wildman–Crippen LogP) is 3.16. The smallest absolute Gasteiger partial charge is 0.185 e. The number of hydrogen-bond donors (Lipinski definition) is 2. The number of piperidine rings is 1. The summed E-state index contributed by atoms with van der Waals surface area (Å²) in [6.45, 7) is 4.47. The molecule has 0 unspecified atom stereocenters. The van der Waals surface area contributed by atoms with Crippen LogP contribution in [0.15, 0.2) is 24.3 Å². The van der Waals surface area contributed by atoms with Gasteiger partial charge in [0, 0.05) is 23.8 Å². The number of benzene rings is 1. The van der Waals surface area contributed by atoms with Crippen molar-refractivity contribution in [1.29, 1.82) is 0 Å². The van der Waals surface area contributed by atoms with Crippen molar-refractivity contribution in [3.8, 4) is 5.75 Å². The first-order chi connectivity index (χ1) is 9.60. The Bertz CT molecular complexity index is 456. The summed E-state index contributed by atoms with van der Waals surface area (Å²) in [6.07, 6.45) is 3.70. The lowest BCUT2D eigenvalue weighted by Crippen LogP contribution is -2.55. The van der Waals surface area contributed by atoms with Gasteiger partial charge in [0.25, 0.3) is 0 Å². The van der Waals surface area contributed by atoms with Gasteiger partial charge >= 0.3 is 0 Å². The summed E-state index contributed by atoms with van der Waals surface area (Å²) in [5.41, 5.74) is 4.25. The number of ether oxygens (including phenoxy) is 1. The van der Waals surface area contributed by atoms with Gasteiger partial charge in [0.15, 0.2) is 5.11 Å². The number of rotatable bonds is 3. The molecule has 1 aromatic carbocycles. The Morgan fingerprint density at radius 3 is 2.65 bits per heavy atom. The minimum atomic E-state index is 0.504. The van der Waals surface area contributed by atoms with Crippen molar-refractivity contribution < 1.29 is 4.74 Å². The highest BCUT2D eigenvalue weighted by atomic mass is 32.1. The molecular weight excluding hydrogens is 270 g/mol. The van der Waals surface area contributed by atoms with Gasteiger partial charge in [-0.05, 0) is 51.0 Å². The fourth-order valence-corrected chi connectivity index (χ4v) is 2.84. The molecule has 1 saturated heterocycles. The number of anilines is 1. The van der Waals surface area contributed by atoms with Crippen LogP contribution in [0.4, 0.5) is 5.69 Å². The molecule has 5 heteroatoms. The van der Waals surface area contributed by atoms with E-state index in [9.17, 15) is 0 Å². The Hall–Kier alpha value is -1.33. The molecule has 0 bridgehead atoms. The van der Waals surface area contributed by atoms with Gasteiger partial charge in [-0.2, -0.15) is 0 Å². The normalized spacial score (nSPS) is 23.1. The van der Waals surface area contributed by atoms with E-state index in [0.717, 1.165) is 11.4 Å².